The van der Waals surface area contributed by atoms with Gasteiger partial charge in [0.25, 0.3) is 5.91 Å². The van der Waals surface area contributed by atoms with Gasteiger partial charge >= 0.3 is 0 Å². The van der Waals surface area contributed by atoms with E-state index in [1.807, 2.05) is 6.07 Å². The maximum Gasteiger partial charge on any atom is 0.290 e. The van der Waals surface area contributed by atoms with Crippen LogP contribution in [-0.2, 0) is 6.54 Å². The number of benzene rings is 1. The molecule has 7 heteroatoms. The Hall–Kier alpha value is -2.70. The predicted octanol–water partition coefficient (Wildman–Crippen LogP) is 3.37. The van der Waals surface area contributed by atoms with E-state index in [-0.39, 0.29) is 12.3 Å². The molecular weight excluding hydrogens is 342 g/mol. The van der Waals surface area contributed by atoms with Crippen LogP contribution in [0.1, 0.15) is 34.8 Å². The molecule has 0 spiro atoms. The number of aliphatic hydroxyl groups excluding tert-OH is 1. The zero-order chi connectivity index (χ0) is 17.8. The van der Waals surface area contributed by atoms with Crippen molar-refractivity contribution in [2.75, 3.05) is 0 Å². The number of carbonyl (C=O) groups is 1. The highest BCUT2D eigenvalue weighted by Crippen LogP contribution is 2.31. The summed E-state index contributed by atoms with van der Waals surface area (Å²) in [5, 5.41) is 17.4. The molecule has 0 aliphatic carbocycles. The van der Waals surface area contributed by atoms with Gasteiger partial charge in [-0.05, 0) is 31.2 Å². The van der Waals surface area contributed by atoms with Gasteiger partial charge in [0.15, 0.2) is 0 Å². The lowest BCUT2D eigenvalue weighted by atomic mass is 10.0. The van der Waals surface area contributed by atoms with Crippen LogP contribution in [0.25, 0.3) is 11.3 Å². The third-order valence-electron chi connectivity index (χ3n) is 3.63. The van der Waals surface area contributed by atoms with E-state index in [9.17, 15) is 9.90 Å². The van der Waals surface area contributed by atoms with E-state index in [2.05, 4.69) is 15.5 Å². The molecule has 0 aliphatic rings. The van der Waals surface area contributed by atoms with Gasteiger partial charge in [-0.25, -0.2) is 0 Å². The van der Waals surface area contributed by atoms with Crippen LogP contribution in [0.3, 0.4) is 0 Å². The number of nitrogens with one attached hydrogen (secondary N) is 1. The number of rotatable bonds is 5. The molecule has 2 heterocycles. The van der Waals surface area contributed by atoms with Crippen LogP contribution in [0.4, 0.5) is 0 Å². The molecule has 2 aromatic heterocycles. The van der Waals surface area contributed by atoms with Crippen LogP contribution >= 0.6 is 11.6 Å². The quantitative estimate of drug-likeness (QED) is 0.730. The minimum absolute atomic E-state index is 0.0177. The molecule has 6 nitrogen and oxygen atoms in total. The summed E-state index contributed by atoms with van der Waals surface area (Å²) in [6, 6.07) is 12.4. The smallest absolute Gasteiger partial charge is 0.290 e. The van der Waals surface area contributed by atoms with Gasteiger partial charge < -0.3 is 14.9 Å². The molecule has 0 bridgehead atoms. The van der Waals surface area contributed by atoms with Crippen molar-refractivity contribution in [3.63, 3.8) is 0 Å². The fourth-order valence-corrected chi connectivity index (χ4v) is 2.54. The zero-order valence-corrected chi connectivity index (χ0v) is 14.2. The minimum atomic E-state index is -0.924. The maximum absolute atomic E-state index is 12.4. The molecule has 0 fully saturated rings. The lowest BCUT2D eigenvalue weighted by molar-refractivity contribution is 0.0905. The van der Waals surface area contributed by atoms with Gasteiger partial charge in [-0.1, -0.05) is 35.0 Å². The summed E-state index contributed by atoms with van der Waals surface area (Å²) in [7, 11) is 0. The second-order valence-electron chi connectivity index (χ2n) is 5.46. The lowest BCUT2D eigenvalue weighted by Crippen LogP contribution is -2.24. The van der Waals surface area contributed by atoms with E-state index in [4.69, 9.17) is 16.1 Å². The first-order valence-corrected chi connectivity index (χ1v) is 8.05. The Morgan fingerprint density at radius 3 is 2.68 bits per heavy atom. The Balaban J connectivity index is 1.86. The van der Waals surface area contributed by atoms with E-state index < -0.39 is 12.0 Å². The molecule has 0 saturated carbocycles. The highest BCUT2D eigenvalue weighted by molar-refractivity contribution is 6.30. The topological polar surface area (TPSA) is 88.2 Å². The molecule has 0 unspecified atom stereocenters. The maximum atomic E-state index is 12.4. The van der Waals surface area contributed by atoms with Crippen LogP contribution in [0.2, 0.25) is 5.02 Å². The molecule has 0 radical (unpaired) electrons. The first kappa shape index (κ1) is 17.1. The number of pyridine rings is 1. The highest BCUT2D eigenvalue weighted by Gasteiger charge is 2.26. The molecule has 0 aliphatic heterocycles. The summed E-state index contributed by atoms with van der Waals surface area (Å²) in [4.78, 5) is 16.6. The molecule has 1 atom stereocenters. The van der Waals surface area contributed by atoms with Crippen molar-refractivity contribution in [2.24, 2.45) is 0 Å². The number of aliphatic hydroxyl groups is 1. The second-order valence-corrected chi connectivity index (χ2v) is 5.90. The summed E-state index contributed by atoms with van der Waals surface area (Å²) >= 11 is 5.89. The van der Waals surface area contributed by atoms with Gasteiger partial charge in [-0.15, -0.1) is 0 Å². The minimum Gasteiger partial charge on any atom is -0.388 e. The molecule has 1 amide bonds. The fraction of sp³-hybridized carbons (Fsp3) is 0.167. The van der Waals surface area contributed by atoms with E-state index in [1.165, 1.54) is 0 Å². The van der Waals surface area contributed by atoms with Gasteiger partial charge in [0, 0.05) is 16.8 Å². The zero-order valence-electron chi connectivity index (χ0n) is 13.4. The van der Waals surface area contributed by atoms with Crippen molar-refractivity contribution >= 4 is 17.5 Å². The van der Waals surface area contributed by atoms with Crippen LogP contribution in [-0.4, -0.2) is 21.2 Å². The number of hydrogen-bond donors (Lipinski definition) is 2. The lowest BCUT2D eigenvalue weighted by Gasteiger charge is -2.08. The Bertz CT molecular complexity index is 861. The average molecular weight is 358 g/mol. The van der Waals surface area contributed by atoms with Crippen molar-refractivity contribution in [1.82, 2.24) is 15.5 Å². The molecule has 128 valence electrons. The summed E-state index contributed by atoms with van der Waals surface area (Å²) in [6.45, 7) is 1.80. The molecular formula is C18H16ClN3O3. The molecule has 3 aromatic rings. The van der Waals surface area contributed by atoms with E-state index in [1.54, 1.807) is 49.5 Å². The number of hydrogen-bond acceptors (Lipinski definition) is 5. The summed E-state index contributed by atoms with van der Waals surface area (Å²) in [5.41, 5.74) is 2.16. The van der Waals surface area contributed by atoms with Crippen molar-refractivity contribution in [2.45, 2.75) is 19.6 Å². The normalized spacial score (nSPS) is 12.0. The van der Waals surface area contributed by atoms with Crippen LogP contribution in [0.15, 0.2) is 53.2 Å². The Labute approximate surface area is 149 Å². The average Bonchev–Trinajstić information content (AvgIpc) is 3.06. The summed E-state index contributed by atoms with van der Waals surface area (Å²) < 4.78 is 5.22. The van der Waals surface area contributed by atoms with Gasteiger partial charge in [0.2, 0.25) is 5.76 Å². The van der Waals surface area contributed by atoms with Crippen molar-refractivity contribution in [3.05, 3.63) is 70.7 Å². The van der Waals surface area contributed by atoms with Gasteiger partial charge in [-0.2, -0.15) is 0 Å². The number of amides is 1. The van der Waals surface area contributed by atoms with Crippen LogP contribution in [0.5, 0.6) is 0 Å². The van der Waals surface area contributed by atoms with E-state index in [0.29, 0.717) is 27.5 Å². The monoisotopic (exact) mass is 357 g/mol. The number of nitrogens with zero attached hydrogens (tertiary/aromatic N) is 2. The summed E-state index contributed by atoms with van der Waals surface area (Å²) in [6.07, 6.45) is 0.725. The van der Waals surface area contributed by atoms with E-state index >= 15 is 0 Å². The molecule has 1 aromatic carbocycles. The van der Waals surface area contributed by atoms with Crippen LogP contribution in [0, 0.1) is 0 Å². The standard InChI is InChI=1S/C18H16ClN3O3/c1-11(23)15-16(12-5-7-13(19)8-6-12)22-25-17(15)18(24)21-10-14-4-2-3-9-20-14/h2-9,11,23H,10H2,1H3,(H,21,24)/t11-/m0/s1. The fourth-order valence-electron chi connectivity index (χ4n) is 2.42. The second kappa shape index (κ2) is 7.46. The first-order chi connectivity index (χ1) is 12.1. The third-order valence-corrected chi connectivity index (χ3v) is 3.88. The SMILES string of the molecule is C[C@H](O)c1c(-c2ccc(Cl)cc2)noc1C(=O)NCc1ccccn1. The summed E-state index contributed by atoms with van der Waals surface area (Å²) in [5.74, 6) is -0.481. The molecule has 2 N–H and O–H groups in total. The van der Waals surface area contributed by atoms with Crippen molar-refractivity contribution in [3.8, 4) is 11.3 Å². The molecule has 25 heavy (non-hydrogen) atoms. The highest BCUT2D eigenvalue weighted by atomic mass is 35.5. The predicted molar refractivity (Wildman–Crippen MR) is 93.0 cm³/mol. The van der Waals surface area contributed by atoms with Gasteiger partial charge in [0.05, 0.1) is 23.9 Å². The van der Waals surface area contributed by atoms with Gasteiger partial charge in [-0.3, -0.25) is 9.78 Å². The molecule has 0 saturated heterocycles. The number of aromatic nitrogens is 2. The molecule has 3 rings (SSSR count). The van der Waals surface area contributed by atoms with Crippen LogP contribution < -0.4 is 5.32 Å². The number of carbonyl (C=O) groups excluding carboxylic acids is 1. The Morgan fingerprint density at radius 1 is 1.28 bits per heavy atom. The van der Waals surface area contributed by atoms with Crippen molar-refractivity contribution < 1.29 is 14.4 Å². The Morgan fingerprint density at radius 2 is 2.04 bits per heavy atom. The number of halogens is 1. The largest absolute Gasteiger partial charge is 0.388 e. The first-order valence-electron chi connectivity index (χ1n) is 7.68. The van der Waals surface area contributed by atoms with Crippen molar-refractivity contribution in [1.29, 1.82) is 0 Å². The Kier molecular flexibility index (Phi) is 5.11. The third kappa shape index (κ3) is 3.87. The van der Waals surface area contributed by atoms with E-state index in [0.717, 1.165) is 0 Å². The van der Waals surface area contributed by atoms with Gasteiger partial charge in [0.1, 0.15) is 5.69 Å².